The summed E-state index contributed by atoms with van der Waals surface area (Å²) in [6.45, 7) is 18.9. The fraction of sp³-hybridized carbons (Fsp3) is 0.708. The maximum Gasteiger partial charge on any atom is 0.191 e. The van der Waals surface area contributed by atoms with Crippen LogP contribution in [0.15, 0.2) is 29.3 Å². The second-order valence-corrected chi connectivity index (χ2v) is 7.62. The lowest BCUT2D eigenvalue weighted by Crippen LogP contribution is -2.42. The molecule has 0 radical (unpaired) electrons. The number of para-hydroxylation sites is 1. The van der Waals surface area contributed by atoms with E-state index >= 15 is 0 Å². The van der Waals surface area contributed by atoms with Gasteiger partial charge in [-0.25, -0.2) is 0 Å². The van der Waals surface area contributed by atoms with E-state index in [0.717, 1.165) is 63.0 Å². The van der Waals surface area contributed by atoms with Crippen LogP contribution in [0.5, 0.6) is 5.75 Å². The zero-order valence-corrected chi connectivity index (χ0v) is 20.2. The lowest BCUT2D eigenvalue weighted by Gasteiger charge is -2.21. The Morgan fingerprint density at radius 2 is 1.63 bits per heavy atom. The molecule has 0 aromatic heterocycles. The van der Waals surface area contributed by atoms with Gasteiger partial charge in [0.25, 0.3) is 0 Å². The second-order valence-electron chi connectivity index (χ2n) is 7.62. The minimum absolute atomic E-state index is 0.382. The van der Waals surface area contributed by atoms with Crippen LogP contribution in [-0.2, 0) is 6.54 Å². The fourth-order valence-corrected chi connectivity index (χ4v) is 3.46. The van der Waals surface area contributed by atoms with Crippen molar-refractivity contribution in [1.29, 1.82) is 0 Å². The number of nitrogens with one attached hydrogen (secondary N) is 2. The third kappa shape index (κ3) is 10.3. The Kier molecular flexibility index (Phi) is 14.0. The van der Waals surface area contributed by atoms with Crippen molar-refractivity contribution in [2.45, 2.75) is 60.0 Å². The summed E-state index contributed by atoms with van der Waals surface area (Å²) < 4.78 is 6.07. The second kappa shape index (κ2) is 16.0. The molecule has 1 rings (SSSR count). The first-order chi connectivity index (χ1) is 14.6. The lowest BCUT2D eigenvalue weighted by atomic mass is 10.1. The van der Waals surface area contributed by atoms with Gasteiger partial charge in [-0.1, -0.05) is 45.9 Å². The summed E-state index contributed by atoms with van der Waals surface area (Å²) >= 11 is 0. The molecule has 172 valence electrons. The van der Waals surface area contributed by atoms with Crippen LogP contribution in [0, 0.1) is 0 Å². The summed E-state index contributed by atoms with van der Waals surface area (Å²) in [5.74, 6) is 1.78. The first kappa shape index (κ1) is 26.2. The van der Waals surface area contributed by atoms with Gasteiger partial charge in [0.05, 0.1) is 0 Å². The van der Waals surface area contributed by atoms with Crippen molar-refractivity contribution in [3.05, 3.63) is 29.8 Å². The Balaban J connectivity index is 2.47. The maximum atomic E-state index is 6.07. The zero-order chi connectivity index (χ0) is 22.2. The third-order valence-electron chi connectivity index (χ3n) is 5.59. The summed E-state index contributed by atoms with van der Waals surface area (Å²) in [6, 6.07) is 8.63. The number of likely N-dealkylation sites (N-methyl/N-ethyl adjacent to an activating group) is 1. The SMILES string of the molecule is CCN(CC)CCCC(C)NC(=NC)NCc1ccccc1OCCN(CC)CC. The molecule has 6 heteroatoms. The Morgan fingerprint density at radius 1 is 1.00 bits per heavy atom. The van der Waals surface area contributed by atoms with Crippen LogP contribution >= 0.6 is 0 Å². The van der Waals surface area contributed by atoms with Gasteiger partial charge in [-0.2, -0.15) is 0 Å². The maximum absolute atomic E-state index is 6.07. The van der Waals surface area contributed by atoms with Crippen LogP contribution in [0.1, 0.15) is 53.0 Å². The summed E-state index contributed by atoms with van der Waals surface area (Å²) in [4.78, 5) is 9.23. The van der Waals surface area contributed by atoms with Crippen LogP contribution in [0.2, 0.25) is 0 Å². The van der Waals surface area contributed by atoms with Crippen molar-refractivity contribution in [2.75, 3.05) is 52.9 Å². The van der Waals surface area contributed by atoms with E-state index in [4.69, 9.17) is 4.74 Å². The van der Waals surface area contributed by atoms with Gasteiger partial charge in [0.1, 0.15) is 12.4 Å². The van der Waals surface area contributed by atoms with Gasteiger partial charge < -0.3 is 25.2 Å². The number of nitrogens with zero attached hydrogens (tertiary/aromatic N) is 3. The highest BCUT2D eigenvalue weighted by molar-refractivity contribution is 5.79. The predicted octanol–water partition coefficient (Wildman–Crippen LogP) is 3.58. The molecule has 6 nitrogen and oxygen atoms in total. The molecule has 0 amide bonds. The molecular weight excluding hydrogens is 374 g/mol. The minimum atomic E-state index is 0.382. The highest BCUT2D eigenvalue weighted by Gasteiger charge is 2.09. The van der Waals surface area contributed by atoms with Gasteiger partial charge in [-0.3, -0.25) is 4.99 Å². The standard InChI is InChI=1S/C24H45N5O/c1-7-28(8-2)17-13-14-21(5)27-24(25-6)26-20-22-15-11-12-16-23(22)30-19-18-29(9-3)10-4/h11-12,15-16,21H,7-10,13-14,17-20H2,1-6H3,(H2,25,26,27). The molecule has 0 aliphatic carbocycles. The van der Waals surface area contributed by atoms with Crippen molar-refractivity contribution >= 4 is 5.96 Å². The quantitative estimate of drug-likeness (QED) is 0.336. The monoisotopic (exact) mass is 419 g/mol. The zero-order valence-electron chi connectivity index (χ0n) is 20.2. The molecule has 0 spiro atoms. The van der Waals surface area contributed by atoms with E-state index < -0.39 is 0 Å². The van der Waals surface area contributed by atoms with E-state index in [-0.39, 0.29) is 0 Å². The van der Waals surface area contributed by atoms with Crippen molar-refractivity contribution in [1.82, 2.24) is 20.4 Å². The Labute approximate surface area is 185 Å². The number of aliphatic imine (C=N–C) groups is 1. The Morgan fingerprint density at radius 3 is 2.27 bits per heavy atom. The van der Waals surface area contributed by atoms with E-state index in [1.54, 1.807) is 0 Å². The third-order valence-corrected chi connectivity index (χ3v) is 5.59. The average Bonchev–Trinajstić information content (AvgIpc) is 2.77. The summed E-state index contributed by atoms with van der Waals surface area (Å²) in [5, 5.41) is 6.95. The van der Waals surface area contributed by atoms with Crippen LogP contribution in [0.25, 0.3) is 0 Å². The fourth-order valence-electron chi connectivity index (χ4n) is 3.46. The van der Waals surface area contributed by atoms with Gasteiger partial charge in [-0.15, -0.1) is 0 Å². The summed E-state index contributed by atoms with van der Waals surface area (Å²) in [5.41, 5.74) is 1.15. The minimum Gasteiger partial charge on any atom is -0.492 e. The van der Waals surface area contributed by atoms with Crippen LogP contribution < -0.4 is 15.4 Å². The molecule has 1 aromatic carbocycles. The van der Waals surface area contributed by atoms with Gasteiger partial charge in [0.2, 0.25) is 0 Å². The molecule has 0 bridgehead atoms. The molecule has 1 aromatic rings. The molecule has 0 aliphatic heterocycles. The number of hydrogen-bond acceptors (Lipinski definition) is 4. The number of hydrogen-bond donors (Lipinski definition) is 2. The number of guanidine groups is 1. The number of rotatable bonds is 15. The van der Waals surface area contributed by atoms with Gasteiger partial charge in [0.15, 0.2) is 5.96 Å². The van der Waals surface area contributed by atoms with Crippen molar-refractivity contribution in [2.24, 2.45) is 4.99 Å². The first-order valence-corrected chi connectivity index (χ1v) is 11.7. The molecule has 0 saturated carbocycles. The number of ether oxygens (including phenoxy) is 1. The average molecular weight is 420 g/mol. The van der Waals surface area contributed by atoms with Crippen molar-refractivity contribution in [3.63, 3.8) is 0 Å². The smallest absolute Gasteiger partial charge is 0.191 e. The van der Waals surface area contributed by atoms with Crippen LogP contribution in [0.4, 0.5) is 0 Å². The van der Waals surface area contributed by atoms with Crippen LogP contribution in [0.3, 0.4) is 0 Å². The van der Waals surface area contributed by atoms with Crippen molar-refractivity contribution in [3.8, 4) is 5.75 Å². The van der Waals surface area contributed by atoms with Gasteiger partial charge >= 0.3 is 0 Å². The van der Waals surface area contributed by atoms with Gasteiger partial charge in [-0.05, 0) is 58.6 Å². The first-order valence-electron chi connectivity index (χ1n) is 11.7. The van der Waals surface area contributed by atoms with E-state index in [1.165, 1.54) is 6.42 Å². The molecule has 1 atom stereocenters. The Hall–Kier alpha value is -1.79. The highest BCUT2D eigenvalue weighted by atomic mass is 16.5. The van der Waals surface area contributed by atoms with Crippen LogP contribution in [-0.4, -0.2) is 74.7 Å². The number of benzene rings is 1. The van der Waals surface area contributed by atoms with E-state index in [9.17, 15) is 0 Å². The van der Waals surface area contributed by atoms with Gasteiger partial charge in [0, 0.05) is 31.7 Å². The summed E-state index contributed by atoms with van der Waals surface area (Å²) in [7, 11) is 1.82. The lowest BCUT2D eigenvalue weighted by molar-refractivity contribution is 0.221. The highest BCUT2D eigenvalue weighted by Crippen LogP contribution is 2.17. The molecule has 0 heterocycles. The van der Waals surface area contributed by atoms with E-state index in [0.29, 0.717) is 19.2 Å². The molecule has 30 heavy (non-hydrogen) atoms. The van der Waals surface area contributed by atoms with Crippen molar-refractivity contribution < 1.29 is 4.74 Å². The largest absolute Gasteiger partial charge is 0.492 e. The molecule has 1 unspecified atom stereocenters. The predicted molar refractivity (Wildman–Crippen MR) is 130 cm³/mol. The van der Waals surface area contributed by atoms with E-state index in [1.807, 2.05) is 19.2 Å². The topological polar surface area (TPSA) is 52.1 Å². The molecule has 0 aliphatic rings. The molecule has 0 saturated heterocycles. The molecule has 0 fully saturated rings. The Bertz CT molecular complexity index is 585. The molecule has 2 N–H and O–H groups in total. The summed E-state index contributed by atoms with van der Waals surface area (Å²) in [6.07, 6.45) is 2.32. The normalized spacial score (nSPS) is 13.0. The molecular formula is C24H45N5O. The van der Waals surface area contributed by atoms with E-state index in [2.05, 4.69) is 72.2 Å².